The van der Waals surface area contributed by atoms with Gasteiger partial charge in [0.25, 0.3) is 14.9 Å². The number of sulfone groups is 2. The molecule has 0 aliphatic carbocycles. The summed E-state index contributed by atoms with van der Waals surface area (Å²) in [6.07, 6.45) is -15.0. The molecule has 22 heteroatoms. The third-order valence-corrected chi connectivity index (χ3v) is 7.89. The number of rotatable bonds is 7. The molecule has 200 valence electrons. The minimum atomic E-state index is -7.40. The van der Waals surface area contributed by atoms with E-state index in [-0.39, 0.29) is 7.05 Å². The van der Waals surface area contributed by atoms with Crippen LogP contribution in [0.2, 0.25) is 0 Å². The van der Waals surface area contributed by atoms with Crippen LogP contribution in [0.25, 0.3) is 0 Å². The maximum absolute atomic E-state index is 13.9. The number of hydrogen-bond donors (Lipinski definition) is 0. The van der Waals surface area contributed by atoms with Gasteiger partial charge in [0.2, 0.25) is 0 Å². The normalized spacial score (nSPS) is 15.6. The summed E-state index contributed by atoms with van der Waals surface area (Å²) in [5.74, 6) is -14.7. The minimum Gasteiger partial charge on any atom is -0.219 e. The van der Waals surface area contributed by atoms with E-state index in [1.807, 2.05) is 0 Å². The predicted molar refractivity (Wildman–Crippen MR) is 77.6 cm³/mol. The van der Waals surface area contributed by atoms with Crippen molar-refractivity contribution in [2.24, 2.45) is 7.05 Å². The van der Waals surface area contributed by atoms with E-state index in [9.17, 15) is 78.3 Å². The van der Waals surface area contributed by atoms with Crippen molar-refractivity contribution in [2.75, 3.05) is 0 Å². The van der Waals surface area contributed by atoms with E-state index in [4.69, 9.17) is 0 Å². The van der Waals surface area contributed by atoms with E-state index in [0.717, 1.165) is 0 Å². The number of nitrogens with zero attached hydrogens (tertiary/aromatic N) is 2. The van der Waals surface area contributed by atoms with E-state index >= 15 is 0 Å². The first-order valence-corrected chi connectivity index (χ1v) is 10.8. The highest BCUT2D eigenvalue weighted by Crippen LogP contribution is 2.52. The number of imidazole rings is 1. The molecule has 1 aromatic heterocycles. The summed E-state index contributed by atoms with van der Waals surface area (Å²) in [7, 11) is -14.9. The molecule has 34 heavy (non-hydrogen) atoms. The maximum Gasteiger partial charge on any atom is 0.461 e. The molecule has 1 rings (SSSR count). The first kappa shape index (κ1) is 30.2. The Morgan fingerprint density at radius 1 is 0.706 bits per heavy atom. The first-order valence-electron chi connectivity index (χ1n) is 7.82. The van der Waals surface area contributed by atoms with Crippen LogP contribution in [-0.4, -0.2) is 56.1 Å². The van der Waals surface area contributed by atoms with Crippen LogP contribution in [0.3, 0.4) is 0 Å². The standard InChI is InChI=1S/C12H9F14N2O4S2/c1-3-28-4-5(33(29,30)11(23,24)7(13,14)9(17,18)19)27(2)6(28)34(31,32)12(25,26)8(15,16)10(20,21)22/h4H,3H2,1-2H3/q+1. The average Bonchev–Trinajstić information content (AvgIpc) is 2.96. The molecule has 6 nitrogen and oxygen atoms in total. The molecule has 0 aromatic carbocycles. The lowest BCUT2D eigenvalue weighted by molar-refractivity contribution is -0.731. The van der Waals surface area contributed by atoms with Gasteiger partial charge in [0.1, 0.15) is 0 Å². The van der Waals surface area contributed by atoms with E-state index in [1.165, 1.54) is 0 Å². The molecule has 1 heterocycles. The van der Waals surface area contributed by atoms with E-state index in [2.05, 4.69) is 0 Å². The lowest BCUT2D eigenvalue weighted by Gasteiger charge is -2.27. The Hall–Kier alpha value is -1.87. The fraction of sp³-hybridized carbons (Fsp3) is 0.750. The Labute approximate surface area is 179 Å². The quantitative estimate of drug-likeness (QED) is 0.369. The Morgan fingerprint density at radius 2 is 1.03 bits per heavy atom. The third-order valence-electron chi connectivity index (χ3n) is 4.10. The summed E-state index contributed by atoms with van der Waals surface area (Å²) >= 11 is 0. The van der Waals surface area contributed by atoms with Crippen molar-refractivity contribution < 1.29 is 82.9 Å². The highest BCUT2D eigenvalue weighted by Gasteiger charge is 2.82. The van der Waals surface area contributed by atoms with Crippen molar-refractivity contribution >= 4 is 19.7 Å². The molecule has 0 atom stereocenters. The highest BCUT2D eigenvalue weighted by molar-refractivity contribution is 7.93. The van der Waals surface area contributed by atoms with Crippen LogP contribution in [0.4, 0.5) is 61.5 Å². The zero-order valence-corrected chi connectivity index (χ0v) is 17.6. The van der Waals surface area contributed by atoms with Crippen LogP contribution in [-0.2, 0) is 33.3 Å². The van der Waals surface area contributed by atoms with Gasteiger partial charge < -0.3 is 0 Å². The van der Waals surface area contributed by atoms with Gasteiger partial charge in [-0.05, 0) is 6.92 Å². The molecule has 0 aliphatic rings. The van der Waals surface area contributed by atoms with Crippen molar-refractivity contribution in [1.82, 2.24) is 4.57 Å². The molecule has 1 aromatic rings. The monoisotopic (exact) mass is 575 g/mol. The lowest BCUT2D eigenvalue weighted by Crippen LogP contribution is -2.58. The number of aryl methyl sites for hydroxylation is 1. The molecule has 0 fully saturated rings. The SMILES string of the molecule is CC[n+]1cc(S(=O)(=O)C(F)(F)C(F)(F)C(F)(F)F)n(C)c1S(=O)(=O)C(F)(F)C(F)(F)C(F)(F)F. The zero-order chi connectivity index (χ0) is 27.7. The molecule has 0 bridgehead atoms. The fourth-order valence-electron chi connectivity index (χ4n) is 2.29. The van der Waals surface area contributed by atoms with Gasteiger partial charge in [-0.3, -0.25) is 0 Å². The van der Waals surface area contributed by atoms with E-state index in [0.29, 0.717) is 6.92 Å². The largest absolute Gasteiger partial charge is 0.461 e. The van der Waals surface area contributed by atoms with Crippen LogP contribution in [0, 0.1) is 0 Å². The molecule has 0 aliphatic heterocycles. The second kappa shape index (κ2) is 7.82. The first-order chi connectivity index (χ1) is 14.6. The second-order valence-electron chi connectivity index (χ2n) is 6.28. The van der Waals surface area contributed by atoms with Crippen molar-refractivity contribution in [2.45, 2.75) is 58.4 Å². The van der Waals surface area contributed by atoms with Crippen molar-refractivity contribution in [3.8, 4) is 0 Å². The van der Waals surface area contributed by atoms with Gasteiger partial charge in [0, 0.05) is 0 Å². The van der Waals surface area contributed by atoms with Gasteiger partial charge in [-0.15, -0.1) is 0 Å². The van der Waals surface area contributed by atoms with Crippen LogP contribution in [0.15, 0.2) is 16.4 Å². The summed E-state index contributed by atoms with van der Waals surface area (Å²) in [6.45, 7) is -0.509. The van der Waals surface area contributed by atoms with Gasteiger partial charge in [-0.25, -0.2) is 26.0 Å². The molecule has 0 radical (unpaired) electrons. The minimum absolute atomic E-state index is 0.157. The summed E-state index contributed by atoms with van der Waals surface area (Å²) < 4.78 is 229. The Kier molecular flexibility index (Phi) is 6.93. The molecule has 0 saturated heterocycles. The predicted octanol–water partition coefficient (Wildman–Crippen LogP) is 3.46. The number of aromatic nitrogens is 2. The van der Waals surface area contributed by atoms with Crippen molar-refractivity contribution in [3.63, 3.8) is 0 Å². The molecular weight excluding hydrogens is 566 g/mol. The summed E-state index contributed by atoms with van der Waals surface area (Å²) in [6, 6.07) is 0. The van der Waals surface area contributed by atoms with Gasteiger partial charge >= 0.3 is 49.7 Å². The topological polar surface area (TPSA) is 77.1 Å². The number of halogens is 14. The molecule has 0 spiro atoms. The highest BCUT2D eigenvalue weighted by atomic mass is 32.2. The van der Waals surface area contributed by atoms with Gasteiger partial charge in [0.15, 0.2) is 6.20 Å². The van der Waals surface area contributed by atoms with Crippen LogP contribution in [0.1, 0.15) is 6.92 Å². The zero-order valence-electron chi connectivity index (χ0n) is 15.9. The average molecular weight is 575 g/mol. The Balaban J connectivity index is 4.02. The molecule has 0 saturated carbocycles. The lowest BCUT2D eigenvalue weighted by atomic mass is 10.3. The molecule has 0 unspecified atom stereocenters. The van der Waals surface area contributed by atoms with Crippen molar-refractivity contribution in [3.05, 3.63) is 6.20 Å². The van der Waals surface area contributed by atoms with Crippen LogP contribution < -0.4 is 4.57 Å². The van der Waals surface area contributed by atoms with Gasteiger partial charge in [0.05, 0.1) is 13.6 Å². The maximum atomic E-state index is 13.9. The van der Waals surface area contributed by atoms with Crippen molar-refractivity contribution in [1.29, 1.82) is 0 Å². The Bertz CT molecular complexity index is 1160. The van der Waals surface area contributed by atoms with E-state index in [1.54, 1.807) is 0 Å². The van der Waals surface area contributed by atoms with E-state index < -0.39 is 86.4 Å². The second-order valence-corrected chi connectivity index (χ2v) is 10.1. The Morgan fingerprint density at radius 3 is 1.32 bits per heavy atom. The number of hydrogen-bond acceptors (Lipinski definition) is 4. The summed E-state index contributed by atoms with van der Waals surface area (Å²) in [5, 5.41) is -19.4. The molecular formula is C12H9F14N2O4S2+. The van der Waals surface area contributed by atoms with Crippen LogP contribution in [0.5, 0.6) is 0 Å². The fourth-order valence-corrected chi connectivity index (χ4v) is 5.41. The summed E-state index contributed by atoms with van der Waals surface area (Å²) in [5.41, 5.74) is 0. The molecule has 0 amide bonds. The van der Waals surface area contributed by atoms with Gasteiger partial charge in [-0.2, -0.15) is 61.5 Å². The number of alkyl halides is 14. The van der Waals surface area contributed by atoms with Crippen LogP contribution >= 0.6 is 0 Å². The van der Waals surface area contributed by atoms with Gasteiger partial charge in [-0.1, -0.05) is 0 Å². The molecule has 0 N–H and O–H groups in total. The third kappa shape index (κ3) is 3.79. The summed E-state index contributed by atoms with van der Waals surface area (Å²) in [4.78, 5) is 0. The smallest absolute Gasteiger partial charge is 0.219 e.